The predicted molar refractivity (Wildman–Crippen MR) is 106 cm³/mol. The molecule has 1 saturated carbocycles. The monoisotopic (exact) mass is 371 g/mol. The molecule has 140 valence electrons. The molecule has 1 aliphatic carbocycles. The number of nitrogens with zero attached hydrogens (tertiary/aromatic N) is 3. The molecular weight excluding hydrogens is 350 g/mol. The summed E-state index contributed by atoms with van der Waals surface area (Å²) in [5.41, 5.74) is 5.10. The lowest BCUT2D eigenvalue weighted by molar-refractivity contribution is 0.281. The summed E-state index contributed by atoms with van der Waals surface area (Å²) < 4.78 is 5.80. The number of benzene rings is 1. The van der Waals surface area contributed by atoms with E-state index < -0.39 is 0 Å². The van der Waals surface area contributed by atoms with Gasteiger partial charge in [0.2, 0.25) is 0 Å². The van der Waals surface area contributed by atoms with E-state index >= 15 is 0 Å². The van der Waals surface area contributed by atoms with Gasteiger partial charge in [0.05, 0.1) is 18.8 Å². The molecule has 4 rings (SSSR count). The quantitative estimate of drug-likeness (QED) is 0.682. The first-order valence-corrected chi connectivity index (χ1v) is 9.42. The van der Waals surface area contributed by atoms with E-state index in [0.29, 0.717) is 30.3 Å². The van der Waals surface area contributed by atoms with Crippen LogP contribution in [0.3, 0.4) is 0 Å². The molecular formula is C23H21N3O2. The van der Waals surface area contributed by atoms with Crippen molar-refractivity contribution in [1.29, 1.82) is 5.26 Å². The third-order valence-electron chi connectivity index (χ3n) is 4.85. The number of hydrogen-bond donors (Lipinski definition) is 1. The van der Waals surface area contributed by atoms with Crippen LogP contribution in [0, 0.1) is 17.2 Å². The number of aromatic nitrogens is 2. The van der Waals surface area contributed by atoms with Gasteiger partial charge in [0, 0.05) is 30.2 Å². The summed E-state index contributed by atoms with van der Waals surface area (Å²) in [7, 11) is 0. The maximum absolute atomic E-state index is 9.49. The van der Waals surface area contributed by atoms with Crippen LogP contribution < -0.4 is 4.74 Å². The molecule has 1 fully saturated rings. The molecule has 1 aliphatic rings. The van der Waals surface area contributed by atoms with Crippen LogP contribution in [0.5, 0.6) is 5.75 Å². The van der Waals surface area contributed by atoms with Gasteiger partial charge in [-0.25, -0.2) is 0 Å². The predicted octanol–water partition coefficient (Wildman–Crippen LogP) is 3.89. The molecule has 1 N–H and O–H groups in total. The van der Waals surface area contributed by atoms with Gasteiger partial charge in [-0.05, 0) is 65.8 Å². The number of pyridine rings is 2. The summed E-state index contributed by atoms with van der Waals surface area (Å²) >= 11 is 0. The van der Waals surface area contributed by atoms with Gasteiger partial charge in [0.15, 0.2) is 0 Å². The average molecular weight is 371 g/mol. The van der Waals surface area contributed by atoms with Gasteiger partial charge in [0.1, 0.15) is 11.8 Å². The smallest absolute Gasteiger partial charge is 0.137 e. The van der Waals surface area contributed by atoms with E-state index in [9.17, 15) is 5.26 Å². The Bertz CT molecular complexity index is 1010. The third kappa shape index (κ3) is 4.36. The fraction of sp³-hybridized carbons (Fsp3) is 0.261. The highest BCUT2D eigenvalue weighted by Gasteiger charge is 2.22. The Labute approximate surface area is 164 Å². The molecule has 5 nitrogen and oxygen atoms in total. The maximum Gasteiger partial charge on any atom is 0.137 e. The fourth-order valence-electron chi connectivity index (χ4n) is 3.01. The minimum Gasteiger partial charge on any atom is -0.492 e. The molecule has 1 aromatic carbocycles. The minimum absolute atomic E-state index is 0.0113. The molecule has 5 heteroatoms. The first-order chi connectivity index (χ1) is 13.7. The highest BCUT2D eigenvalue weighted by molar-refractivity contribution is 5.67. The zero-order valence-electron chi connectivity index (χ0n) is 15.5. The van der Waals surface area contributed by atoms with Crippen LogP contribution in [0.25, 0.3) is 11.1 Å². The van der Waals surface area contributed by atoms with Crippen molar-refractivity contribution < 1.29 is 9.84 Å². The second kappa shape index (κ2) is 8.20. The van der Waals surface area contributed by atoms with Crippen LogP contribution in [0.4, 0.5) is 0 Å². The Kier molecular flexibility index (Phi) is 5.31. The minimum atomic E-state index is -0.0113. The van der Waals surface area contributed by atoms with Crippen molar-refractivity contribution in [3.63, 3.8) is 0 Å². The van der Waals surface area contributed by atoms with Crippen LogP contribution in [-0.4, -0.2) is 21.7 Å². The molecule has 0 amide bonds. The average Bonchev–Trinajstić information content (AvgIpc) is 3.57. The largest absolute Gasteiger partial charge is 0.492 e. The van der Waals surface area contributed by atoms with Crippen molar-refractivity contribution in [2.24, 2.45) is 5.92 Å². The van der Waals surface area contributed by atoms with Crippen LogP contribution >= 0.6 is 0 Å². The standard InChI is InChI=1S/C23H21N3O2/c24-12-20-9-18(4-6-23(20)28-15-16-1-2-16)19-7-8-25-22(10-19)11-21-5-3-17(14-27)13-26-21/h3-10,13,16,27H,1-2,11,14-15H2. The number of nitriles is 1. The van der Waals surface area contributed by atoms with Gasteiger partial charge < -0.3 is 9.84 Å². The third-order valence-corrected chi connectivity index (χ3v) is 4.85. The van der Waals surface area contributed by atoms with Crippen molar-refractivity contribution in [3.8, 4) is 22.9 Å². The Morgan fingerprint density at radius 2 is 1.89 bits per heavy atom. The second-order valence-corrected chi connectivity index (χ2v) is 7.11. The number of ether oxygens (including phenoxy) is 1. The molecule has 0 spiro atoms. The molecule has 0 aliphatic heterocycles. The summed E-state index contributed by atoms with van der Waals surface area (Å²) in [5.74, 6) is 1.30. The van der Waals surface area contributed by atoms with Crippen molar-refractivity contribution in [2.45, 2.75) is 25.9 Å². The van der Waals surface area contributed by atoms with Crippen molar-refractivity contribution >= 4 is 0 Å². The summed E-state index contributed by atoms with van der Waals surface area (Å²) in [4.78, 5) is 8.81. The highest BCUT2D eigenvalue weighted by atomic mass is 16.5. The van der Waals surface area contributed by atoms with Crippen LogP contribution in [0.1, 0.15) is 35.4 Å². The number of aliphatic hydroxyl groups excluding tert-OH is 1. The van der Waals surface area contributed by atoms with Crippen LogP contribution in [0.2, 0.25) is 0 Å². The molecule has 2 heterocycles. The number of aliphatic hydroxyl groups is 1. The van der Waals surface area contributed by atoms with Crippen LogP contribution in [-0.2, 0) is 13.0 Å². The second-order valence-electron chi connectivity index (χ2n) is 7.11. The topological polar surface area (TPSA) is 79.0 Å². The van der Waals surface area contributed by atoms with E-state index in [1.807, 2.05) is 42.5 Å². The first-order valence-electron chi connectivity index (χ1n) is 9.42. The van der Waals surface area contributed by atoms with E-state index in [1.54, 1.807) is 12.4 Å². The van der Waals surface area contributed by atoms with Crippen molar-refractivity contribution in [3.05, 3.63) is 77.4 Å². The Morgan fingerprint density at radius 3 is 2.61 bits per heavy atom. The summed E-state index contributed by atoms with van der Waals surface area (Å²) in [6, 6.07) is 15.7. The fourth-order valence-corrected chi connectivity index (χ4v) is 3.01. The van der Waals surface area contributed by atoms with E-state index in [2.05, 4.69) is 16.0 Å². The Balaban J connectivity index is 1.53. The summed E-state index contributed by atoms with van der Waals surface area (Å²) in [6.07, 6.45) is 6.50. The van der Waals surface area contributed by atoms with Gasteiger partial charge in [-0.3, -0.25) is 9.97 Å². The van der Waals surface area contributed by atoms with Gasteiger partial charge in [0.25, 0.3) is 0 Å². The lowest BCUT2D eigenvalue weighted by Gasteiger charge is -2.10. The lowest BCUT2D eigenvalue weighted by Crippen LogP contribution is -2.01. The van der Waals surface area contributed by atoms with Gasteiger partial charge in [-0.15, -0.1) is 0 Å². The highest BCUT2D eigenvalue weighted by Crippen LogP contribution is 2.31. The van der Waals surface area contributed by atoms with Crippen molar-refractivity contribution in [2.75, 3.05) is 6.61 Å². The molecule has 3 aromatic rings. The molecule has 0 unspecified atom stereocenters. The zero-order valence-corrected chi connectivity index (χ0v) is 15.5. The molecule has 0 atom stereocenters. The molecule has 0 radical (unpaired) electrons. The molecule has 0 bridgehead atoms. The zero-order chi connectivity index (χ0) is 19.3. The normalized spacial score (nSPS) is 13.1. The van der Waals surface area contributed by atoms with E-state index in [4.69, 9.17) is 9.84 Å². The lowest BCUT2D eigenvalue weighted by atomic mass is 10.0. The molecule has 2 aromatic heterocycles. The number of rotatable bonds is 7. The SMILES string of the molecule is N#Cc1cc(-c2ccnc(Cc3ccc(CO)cn3)c2)ccc1OCC1CC1. The first kappa shape index (κ1) is 18.1. The summed E-state index contributed by atoms with van der Waals surface area (Å²) in [5, 5.41) is 18.6. The summed E-state index contributed by atoms with van der Waals surface area (Å²) in [6.45, 7) is 0.679. The Morgan fingerprint density at radius 1 is 1.04 bits per heavy atom. The number of hydrogen-bond acceptors (Lipinski definition) is 5. The van der Waals surface area contributed by atoms with Gasteiger partial charge in [-0.2, -0.15) is 5.26 Å². The molecule has 0 saturated heterocycles. The van der Waals surface area contributed by atoms with Crippen LogP contribution in [0.15, 0.2) is 54.9 Å². The van der Waals surface area contributed by atoms with Crippen molar-refractivity contribution in [1.82, 2.24) is 9.97 Å². The van der Waals surface area contributed by atoms with E-state index in [-0.39, 0.29) is 6.61 Å². The Hall–Kier alpha value is -3.23. The van der Waals surface area contributed by atoms with E-state index in [0.717, 1.165) is 28.1 Å². The van der Waals surface area contributed by atoms with Gasteiger partial charge >= 0.3 is 0 Å². The van der Waals surface area contributed by atoms with E-state index in [1.165, 1.54) is 12.8 Å². The maximum atomic E-state index is 9.49. The molecule has 28 heavy (non-hydrogen) atoms. The van der Waals surface area contributed by atoms with Gasteiger partial charge in [-0.1, -0.05) is 12.1 Å².